The number of aromatic nitrogens is 5. The van der Waals surface area contributed by atoms with Gasteiger partial charge in [-0.25, -0.2) is 9.36 Å². The number of ketones is 2. The number of pyridine rings is 3. The summed E-state index contributed by atoms with van der Waals surface area (Å²) in [6, 6.07) is 24.3. The van der Waals surface area contributed by atoms with Gasteiger partial charge >= 0.3 is 6.09 Å². The van der Waals surface area contributed by atoms with E-state index in [2.05, 4.69) is 35.9 Å². The average molecular weight is 832 g/mol. The van der Waals surface area contributed by atoms with Gasteiger partial charge in [0.25, 0.3) is 5.91 Å². The number of H-pyrrole nitrogens is 1. The van der Waals surface area contributed by atoms with Crippen LogP contribution in [0.3, 0.4) is 0 Å². The van der Waals surface area contributed by atoms with Crippen LogP contribution in [0.4, 0.5) is 4.79 Å². The average Bonchev–Trinajstić information content (AvgIpc) is 3.75. The van der Waals surface area contributed by atoms with Crippen LogP contribution < -0.4 is 0 Å². The zero-order chi connectivity index (χ0) is 39.6. The van der Waals surface area contributed by atoms with E-state index in [9.17, 15) is 19.2 Å². The molecule has 0 spiro atoms. The lowest BCUT2D eigenvalue weighted by molar-refractivity contribution is -0.122. The first-order valence-electron chi connectivity index (χ1n) is 17.8. The molecule has 1 N–H and O–H groups in total. The summed E-state index contributed by atoms with van der Waals surface area (Å²) in [7, 11) is 0. The van der Waals surface area contributed by atoms with Crippen LogP contribution >= 0.6 is 27.5 Å². The smallest absolute Gasteiger partial charge is 0.419 e. The molecule has 0 saturated carbocycles. The van der Waals surface area contributed by atoms with Crippen molar-refractivity contribution in [3.05, 3.63) is 159 Å². The van der Waals surface area contributed by atoms with Crippen molar-refractivity contribution in [2.45, 2.75) is 51.8 Å². The molecule has 1 atom stereocenters. The second-order valence-corrected chi connectivity index (χ2v) is 15.5. The Kier molecular flexibility index (Phi) is 11.0. The number of Topliss-reactive ketones (excluding diaryl/α,β-unsaturated/α-hetero) is 1. The van der Waals surface area contributed by atoms with Gasteiger partial charge in [-0.15, -0.1) is 0 Å². The zero-order valence-electron chi connectivity index (χ0n) is 30.7. The maximum absolute atomic E-state index is 13.8. The molecular formula is C43H36BrClN6O5. The van der Waals surface area contributed by atoms with Crippen LogP contribution in [0.2, 0.25) is 5.02 Å². The molecule has 0 saturated heterocycles. The molecule has 5 aromatic heterocycles. The van der Waals surface area contributed by atoms with E-state index < -0.39 is 17.7 Å². The van der Waals surface area contributed by atoms with Crippen LogP contribution in [-0.2, 0) is 28.9 Å². The van der Waals surface area contributed by atoms with Gasteiger partial charge in [0.15, 0.2) is 11.6 Å². The fourth-order valence-electron chi connectivity index (χ4n) is 6.54. The highest BCUT2D eigenvalue weighted by molar-refractivity contribution is 9.10. The Labute approximate surface area is 335 Å². The fraction of sp³-hybridized carbons (Fsp3) is 0.186. The van der Waals surface area contributed by atoms with E-state index in [1.165, 1.54) is 4.57 Å². The maximum atomic E-state index is 13.8. The van der Waals surface area contributed by atoms with Crippen molar-refractivity contribution in [2.24, 2.45) is 0 Å². The van der Waals surface area contributed by atoms with Gasteiger partial charge in [-0.3, -0.25) is 29.3 Å². The molecule has 0 aliphatic carbocycles. The standard InChI is InChI=1S/C31H23ClN4O3.C12H13BrN2O2/c32-22-10-11-24-21(14-22)15-28(37)27(16-23-4-1-2-12-33-23)36(31(24)39)18-19-6-8-20(9-7-19)30(38)25-17-35-26-5-3-13-34-29(25)26;1-12(2,3)17-11(16)15-7-8(13)10-9(15)5-4-6-14-10/h1-14,17,27,35H,15-16,18H2;4-7H,1-3H3/t27-;/m1./s1. The fourth-order valence-corrected chi connectivity index (χ4v) is 7.24. The third kappa shape index (κ3) is 8.31. The number of carbonyl (C=O) groups is 4. The Hall–Kier alpha value is -5.98. The summed E-state index contributed by atoms with van der Waals surface area (Å²) >= 11 is 9.56. The van der Waals surface area contributed by atoms with Crippen LogP contribution in [0.5, 0.6) is 0 Å². The lowest BCUT2D eigenvalue weighted by Gasteiger charge is -2.29. The quantitative estimate of drug-likeness (QED) is 0.164. The van der Waals surface area contributed by atoms with E-state index in [1.807, 2.05) is 69.3 Å². The van der Waals surface area contributed by atoms with Crippen molar-refractivity contribution >= 4 is 73.2 Å². The molecule has 1 aliphatic rings. The summed E-state index contributed by atoms with van der Waals surface area (Å²) in [4.78, 5) is 70.1. The molecule has 0 bridgehead atoms. The summed E-state index contributed by atoms with van der Waals surface area (Å²) in [5, 5.41) is 0.481. The molecule has 7 aromatic rings. The Balaban J connectivity index is 0.000000236. The number of aromatic amines is 1. The first kappa shape index (κ1) is 38.3. The lowest BCUT2D eigenvalue weighted by atomic mass is 9.99. The number of benzene rings is 2. The van der Waals surface area contributed by atoms with E-state index in [1.54, 1.807) is 72.3 Å². The van der Waals surface area contributed by atoms with Crippen molar-refractivity contribution in [1.29, 1.82) is 0 Å². The molecule has 1 aliphatic heterocycles. The number of ether oxygens (including phenoxy) is 1. The number of hydrogen-bond donors (Lipinski definition) is 1. The first-order valence-corrected chi connectivity index (χ1v) is 19.0. The molecule has 0 unspecified atom stereocenters. The van der Waals surface area contributed by atoms with Gasteiger partial charge < -0.3 is 14.6 Å². The summed E-state index contributed by atoms with van der Waals surface area (Å²) in [5.74, 6) is -0.460. The SMILES string of the molecule is CC(C)(C)OC(=O)n1cc(Br)c2ncccc21.O=C(c1ccc(CN2C(=O)c3ccc(Cl)cc3CC(=O)[C@H]2Cc2ccccn2)cc1)c1c[nH]c2cccnc12. The minimum absolute atomic E-state index is 0.0753. The van der Waals surface area contributed by atoms with Gasteiger partial charge in [-0.1, -0.05) is 41.9 Å². The number of amides is 1. The van der Waals surface area contributed by atoms with Gasteiger partial charge in [0.1, 0.15) is 11.1 Å². The second kappa shape index (κ2) is 16.0. The predicted octanol–water partition coefficient (Wildman–Crippen LogP) is 8.80. The molecule has 11 nitrogen and oxygen atoms in total. The van der Waals surface area contributed by atoms with Gasteiger partial charge in [-0.05, 0) is 102 Å². The Morgan fingerprint density at radius 1 is 0.911 bits per heavy atom. The molecule has 0 radical (unpaired) electrons. The van der Waals surface area contributed by atoms with Crippen LogP contribution in [-0.4, -0.2) is 64.6 Å². The highest BCUT2D eigenvalue weighted by Gasteiger charge is 2.36. The highest BCUT2D eigenvalue weighted by Crippen LogP contribution is 2.28. The number of hydrogen-bond acceptors (Lipinski definition) is 8. The van der Waals surface area contributed by atoms with Crippen molar-refractivity contribution in [2.75, 3.05) is 0 Å². The predicted molar refractivity (Wildman–Crippen MR) is 217 cm³/mol. The molecule has 56 heavy (non-hydrogen) atoms. The first-order chi connectivity index (χ1) is 26.9. The highest BCUT2D eigenvalue weighted by atomic mass is 79.9. The molecule has 282 valence electrons. The largest absolute Gasteiger partial charge is 0.443 e. The third-order valence-corrected chi connectivity index (χ3v) is 9.97. The van der Waals surface area contributed by atoms with E-state index in [4.69, 9.17) is 16.3 Å². The molecule has 1 amide bonds. The second-order valence-electron chi connectivity index (χ2n) is 14.2. The maximum Gasteiger partial charge on any atom is 0.419 e. The Morgan fingerprint density at radius 2 is 1.64 bits per heavy atom. The van der Waals surface area contributed by atoms with E-state index >= 15 is 0 Å². The third-order valence-electron chi connectivity index (χ3n) is 9.15. The van der Waals surface area contributed by atoms with E-state index in [0.717, 1.165) is 32.3 Å². The summed E-state index contributed by atoms with van der Waals surface area (Å²) in [5.41, 5.74) is 6.01. The Bertz CT molecular complexity index is 2600. The van der Waals surface area contributed by atoms with Gasteiger partial charge in [0, 0.05) is 72.2 Å². The number of carbonyl (C=O) groups excluding carboxylic acids is 4. The van der Waals surface area contributed by atoms with Gasteiger partial charge in [0.05, 0.1) is 32.6 Å². The lowest BCUT2D eigenvalue weighted by Crippen LogP contribution is -2.44. The summed E-state index contributed by atoms with van der Waals surface area (Å²) in [6.07, 6.45) is 8.37. The van der Waals surface area contributed by atoms with Crippen LogP contribution in [0.15, 0.2) is 120 Å². The van der Waals surface area contributed by atoms with E-state index in [-0.39, 0.29) is 30.4 Å². The normalized spacial score (nSPS) is 14.2. The zero-order valence-corrected chi connectivity index (χ0v) is 33.0. The number of rotatable bonds is 6. The Morgan fingerprint density at radius 3 is 2.38 bits per heavy atom. The molecule has 13 heteroatoms. The van der Waals surface area contributed by atoms with Crippen molar-refractivity contribution in [3.8, 4) is 0 Å². The van der Waals surface area contributed by atoms with Crippen LogP contribution in [0, 0.1) is 0 Å². The van der Waals surface area contributed by atoms with Gasteiger partial charge in [-0.2, -0.15) is 0 Å². The monoisotopic (exact) mass is 830 g/mol. The van der Waals surface area contributed by atoms with Crippen molar-refractivity contribution in [1.82, 2.24) is 29.4 Å². The molecule has 6 heterocycles. The number of nitrogens with one attached hydrogen (secondary N) is 1. The van der Waals surface area contributed by atoms with Crippen LogP contribution in [0.1, 0.15) is 63.9 Å². The van der Waals surface area contributed by atoms with Crippen molar-refractivity contribution < 1.29 is 23.9 Å². The molecule has 0 fully saturated rings. The van der Waals surface area contributed by atoms with Crippen molar-refractivity contribution in [3.63, 3.8) is 0 Å². The number of fused-ring (bicyclic) bond motifs is 3. The number of halogens is 2. The van der Waals surface area contributed by atoms with E-state index in [0.29, 0.717) is 39.2 Å². The molecule has 8 rings (SSSR count). The van der Waals surface area contributed by atoms with Gasteiger partial charge in [0.2, 0.25) is 0 Å². The minimum atomic E-state index is -0.697. The molecular weight excluding hydrogens is 796 g/mol. The number of nitrogens with zero attached hydrogens (tertiary/aromatic N) is 5. The summed E-state index contributed by atoms with van der Waals surface area (Å²) in [6.45, 7) is 5.71. The minimum Gasteiger partial charge on any atom is -0.443 e. The topological polar surface area (TPSA) is 140 Å². The van der Waals surface area contributed by atoms with Crippen LogP contribution in [0.25, 0.3) is 22.1 Å². The summed E-state index contributed by atoms with van der Waals surface area (Å²) < 4.78 is 7.55. The molecule has 2 aromatic carbocycles.